The van der Waals surface area contributed by atoms with Gasteiger partial charge in [-0.1, -0.05) is 26.5 Å². The molecular weight excluding hydrogens is 330 g/mol. The van der Waals surface area contributed by atoms with Crippen molar-refractivity contribution in [3.8, 4) is 5.75 Å². The Morgan fingerprint density at radius 2 is 2.04 bits per heavy atom. The predicted octanol–water partition coefficient (Wildman–Crippen LogP) is 2.21. The van der Waals surface area contributed by atoms with Crippen molar-refractivity contribution in [3.05, 3.63) is 30.9 Å². The van der Waals surface area contributed by atoms with E-state index in [1.807, 2.05) is 0 Å². The standard InChI is InChI=1S/C19H29N5O2/c1-4-15-17(26-5-2)19(24-9-11-25-12-10-24)22-18(21-15)14-7-6-8-16(23-20)13(14)3/h4-5,13-14,16,23H,1-2,6-12,20H2,3H3. The Morgan fingerprint density at radius 3 is 2.69 bits per heavy atom. The van der Waals surface area contributed by atoms with Crippen LogP contribution in [-0.2, 0) is 4.74 Å². The fourth-order valence-electron chi connectivity index (χ4n) is 3.93. The van der Waals surface area contributed by atoms with Crippen molar-refractivity contribution in [2.45, 2.75) is 38.1 Å². The van der Waals surface area contributed by atoms with Gasteiger partial charge in [0.05, 0.1) is 19.5 Å². The number of nitrogens with one attached hydrogen (secondary N) is 1. The second-order valence-corrected chi connectivity index (χ2v) is 6.88. The van der Waals surface area contributed by atoms with E-state index in [-0.39, 0.29) is 12.0 Å². The first-order valence-corrected chi connectivity index (χ1v) is 9.30. The molecule has 7 heteroatoms. The molecule has 1 aliphatic heterocycles. The number of ether oxygens (including phenoxy) is 2. The van der Waals surface area contributed by atoms with Crippen molar-refractivity contribution in [1.29, 1.82) is 0 Å². The van der Waals surface area contributed by atoms with Gasteiger partial charge in [-0.2, -0.15) is 0 Å². The van der Waals surface area contributed by atoms with E-state index in [1.54, 1.807) is 6.08 Å². The van der Waals surface area contributed by atoms with Gasteiger partial charge in [0.15, 0.2) is 11.6 Å². The summed E-state index contributed by atoms with van der Waals surface area (Å²) in [7, 11) is 0. The smallest absolute Gasteiger partial charge is 0.194 e. The Bertz CT molecular complexity index is 645. The molecule has 3 N–H and O–H groups in total. The third-order valence-electron chi connectivity index (χ3n) is 5.44. The summed E-state index contributed by atoms with van der Waals surface area (Å²) in [6.07, 6.45) is 6.37. The highest BCUT2D eigenvalue weighted by Crippen LogP contribution is 2.39. The van der Waals surface area contributed by atoms with Crippen molar-refractivity contribution in [1.82, 2.24) is 15.4 Å². The molecule has 1 aromatic rings. The number of nitrogens with two attached hydrogens (primary N) is 1. The van der Waals surface area contributed by atoms with Crippen LogP contribution in [0.2, 0.25) is 0 Å². The second kappa shape index (κ2) is 8.62. The van der Waals surface area contributed by atoms with E-state index < -0.39 is 0 Å². The van der Waals surface area contributed by atoms with Crippen LogP contribution in [0, 0.1) is 5.92 Å². The SMILES string of the molecule is C=COc1c(C=C)nc(C2CCCC(NN)C2C)nc1N1CCOCC1. The van der Waals surface area contributed by atoms with Crippen LogP contribution in [0.5, 0.6) is 5.75 Å². The molecule has 3 atom stereocenters. The molecule has 0 bridgehead atoms. The first-order chi connectivity index (χ1) is 12.7. The predicted molar refractivity (Wildman–Crippen MR) is 103 cm³/mol. The van der Waals surface area contributed by atoms with Gasteiger partial charge in [0.25, 0.3) is 0 Å². The molecule has 0 radical (unpaired) electrons. The molecule has 1 aliphatic carbocycles. The maximum absolute atomic E-state index is 5.74. The van der Waals surface area contributed by atoms with Gasteiger partial charge in [0, 0.05) is 25.0 Å². The molecule has 2 aliphatic rings. The average molecular weight is 359 g/mol. The molecule has 1 saturated carbocycles. The van der Waals surface area contributed by atoms with E-state index in [0.29, 0.717) is 30.6 Å². The zero-order chi connectivity index (χ0) is 18.5. The lowest BCUT2D eigenvalue weighted by Gasteiger charge is -2.36. The molecule has 2 fully saturated rings. The monoisotopic (exact) mass is 359 g/mol. The van der Waals surface area contributed by atoms with E-state index >= 15 is 0 Å². The van der Waals surface area contributed by atoms with E-state index in [4.69, 9.17) is 25.3 Å². The number of rotatable bonds is 6. The summed E-state index contributed by atoms with van der Waals surface area (Å²) in [6.45, 7) is 12.7. The average Bonchev–Trinajstić information content (AvgIpc) is 2.69. The Hall–Kier alpha value is -1.96. The highest BCUT2D eigenvalue weighted by atomic mass is 16.5. The lowest BCUT2D eigenvalue weighted by molar-refractivity contribution is 0.122. The van der Waals surface area contributed by atoms with Gasteiger partial charge in [0.1, 0.15) is 11.5 Å². The van der Waals surface area contributed by atoms with Crippen molar-refractivity contribution >= 4 is 11.9 Å². The van der Waals surface area contributed by atoms with Crippen LogP contribution in [0.25, 0.3) is 6.08 Å². The molecule has 1 saturated heterocycles. The summed E-state index contributed by atoms with van der Waals surface area (Å²) >= 11 is 0. The van der Waals surface area contributed by atoms with Crippen molar-refractivity contribution in [2.75, 3.05) is 31.2 Å². The lowest BCUT2D eigenvalue weighted by atomic mass is 9.76. The number of hydrogen-bond acceptors (Lipinski definition) is 7. The summed E-state index contributed by atoms with van der Waals surface area (Å²) < 4.78 is 11.2. The minimum absolute atomic E-state index is 0.251. The first-order valence-electron chi connectivity index (χ1n) is 9.30. The van der Waals surface area contributed by atoms with Gasteiger partial charge in [-0.25, -0.2) is 9.97 Å². The molecule has 0 aromatic carbocycles. The number of aromatic nitrogens is 2. The maximum atomic E-state index is 5.74. The third-order valence-corrected chi connectivity index (χ3v) is 5.44. The molecule has 1 aromatic heterocycles. The van der Waals surface area contributed by atoms with Crippen LogP contribution in [0.1, 0.15) is 43.6 Å². The molecule has 3 rings (SSSR count). The minimum Gasteiger partial charge on any atom is -0.459 e. The molecule has 0 amide bonds. The number of hydrogen-bond donors (Lipinski definition) is 2. The first kappa shape index (κ1) is 18.8. The maximum Gasteiger partial charge on any atom is 0.194 e. The summed E-state index contributed by atoms with van der Waals surface area (Å²) in [5.74, 6) is 8.59. The second-order valence-electron chi connectivity index (χ2n) is 6.88. The number of nitrogens with zero attached hydrogens (tertiary/aromatic N) is 3. The summed E-state index contributed by atoms with van der Waals surface area (Å²) in [4.78, 5) is 11.9. The molecule has 3 unspecified atom stereocenters. The van der Waals surface area contributed by atoms with Gasteiger partial charge in [-0.3, -0.25) is 11.3 Å². The van der Waals surface area contributed by atoms with Crippen LogP contribution in [0.4, 0.5) is 5.82 Å². The summed E-state index contributed by atoms with van der Waals surface area (Å²) in [5.41, 5.74) is 3.65. The topological polar surface area (TPSA) is 85.5 Å². The zero-order valence-corrected chi connectivity index (χ0v) is 15.5. The summed E-state index contributed by atoms with van der Waals surface area (Å²) in [5, 5.41) is 0. The van der Waals surface area contributed by atoms with Crippen LogP contribution < -0.4 is 20.9 Å². The van der Waals surface area contributed by atoms with Crippen molar-refractivity contribution in [3.63, 3.8) is 0 Å². The highest BCUT2D eigenvalue weighted by Gasteiger charge is 2.33. The van der Waals surface area contributed by atoms with E-state index in [9.17, 15) is 0 Å². The van der Waals surface area contributed by atoms with Gasteiger partial charge in [-0.05, 0) is 24.8 Å². The fourth-order valence-corrected chi connectivity index (χ4v) is 3.93. The largest absolute Gasteiger partial charge is 0.459 e. The fraction of sp³-hybridized carbons (Fsp3) is 0.579. The Kier molecular flexibility index (Phi) is 6.24. The van der Waals surface area contributed by atoms with E-state index in [1.165, 1.54) is 6.26 Å². The van der Waals surface area contributed by atoms with Crippen molar-refractivity contribution < 1.29 is 9.47 Å². The third kappa shape index (κ3) is 3.75. The van der Waals surface area contributed by atoms with E-state index in [0.717, 1.165) is 44.0 Å². The van der Waals surface area contributed by atoms with Crippen LogP contribution in [0.3, 0.4) is 0 Å². The minimum atomic E-state index is 0.251. The van der Waals surface area contributed by atoms with E-state index in [2.05, 4.69) is 30.4 Å². The quantitative estimate of drug-likeness (QED) is 0.457. The Morgan fingerprint density at radius 1 is 1.27 bits per heavy atom. The Balaban J connectivity index is 2.02. The normalized spacial score (nSPS) is 26.4. The molecule has 2 heterocycles. The van der Waals surface area contributed by atoms with Gasteiger partial charge >= 0.3 is 0 Å². The van der Waals surface area contributed by atoms with Crippen LogP contribution in [0.15, 0.2) is 19.4 Å². The van der Waals surface area contributed by atoms with Gasteiger partial charge in [0.2, 0.25) is 0 Å². The Labute approximate surface area is 155 Å². The number of morpholine rings is 1. The summed E-state index contributed by atoms with van der Waals surface area (Å²) in [6, 6.07) is 0.278. The van der Waals surface area contributed by atoms with Crippen LogP contribution in [-0.4, -0.2) is 42.3 Å². The van der Waals surface area contributed by atoms with Crippen LogP contribution >= 0.6 is 0 Å². The lowest BCUT2D eigenvalue weighted by Crippen LogP contribution is -2.44. The molecular formula is C19H29N5O2. The molecule has 26 heavy (non-hydrogen) atoms. The molecule has 7 nitrogen and oxygen atoms in total. The number of hydrazine groups is 1. The molecule has 0 spiro atoms. The number of anilines is 1. The van der Waals surface area contributed by atoms with Crippen molar-refractivity contribution in [2.24, 2.45) is 11.8 Å². The highest BCUT2D eigenvalue weighted by molar-refractivity contribution is 5.64. The zero-order valence-electron chi connectivity index (χ0n) is 15.5. The van der Waals surface area contributed by atoms with Gasteiger partial charge < -0.3 is 14.4 Å². The van der Waals surface area contributed by atoms with Gasteiger partial charge in [-0.15, -0.1) is 0 Å². The molecule has 142 valence electrons.